The van der Waals surface area contributed by atoms with Gasteiger partial charge in [-0.3, -0.25) is 20.4 Å². The molecule has 2 aromatic carbocycles. The molecule has 1 aliphatic heterocycles. The fourth-order valence-corrected chi connectivity index (χ4v) is 4.16. The summed E-state index contributed by atoms with van der Waals surface area (Å²) < 4.78 is 16.6. The first kappa shape index (κ1) is 31.8. The van der Waals surface area contributed by atoms with Crippen LogP contribution < -0.4 is 16.0 Å². The molecule has 0 saturated heterocycles. The first-order chi connectivity index (χ1) is 21.1. The van der Waals surface area contributed by atoms with E-state index in [1.165, 1.54) is 17.4 Å². The second-order valence-corrected chi connectivity index (χ2v) is 11.0. The number of rotatable bonds is 11. The van der Waals surface area contributed by atoms with Gasteiger partial charge in [-0.25, -0.2) is 9.59 Å². The third-order valence-electron chi connectivity index (χ3n) is 6.18. The number of aliphatic hydroxyl groups excluding tert-OH is 1. The Morgan fingerprint density at radius 2 is 1.64 bits per heavy atom. The van der Waals surface area contributed by atoms with Gasteiger partial charge in [0.25, 0.3) is 5.91 Å². The van der Waals surface area contributed by atoms with Crippen LogP contribution in [0.25, 0.3) is 0 Å². The van der Waals surface area contributed by atoms with Crippen molar-refractivity contribution in [1.82, 2.24) is 15.2 Å². The minimum atomic E-state index is -0.677. The number of nitrogens with one attached hydrogen (secondary N) is 3. The highest BCUT2D eigenvalue weighted by atomic mass is 16.7. The number of amides is 4. The summed E-state index contributed by atoms with van der Waals surface area (Å²) in [5.41, 5.74) is 1.91. The Bertz CT molecular complexity index is 1460. The van der Waals surface area contributed by atoms with Crippen LogP contribution in [0.2, 0.25) is 0 Å². The molecule has 12 nitrogen and oxygen atoms in total. The predicted octanol–water partition coefficient (Wildman–Crippen LogP) is 4.99. The van der Waals surface area contributed by atoms with Gasteiger partial charge in [-0.05, 0) is 56.5 Å². The summed E-state index contributed by atoms with van der Waals surface area (Å²) in [6, 6.07) is 19.2. The maximum absolute atomic E-state index is 13.1. The zero-order chi connectivity index (χ0) is 31.5. The van der Waals surface area contributed by atoms with Gasteiger partial charge in [-0.2, -0.15) is 0 Å². The van der Waals surface area contributed by atoms with E-state index in [2.05, 4.69) is 20.9 Å². The summed E-state index contributed by atoms with van der Waals surface area (Å²) >= 11 is 0. The number of carbonyl (C=O) groups excluding carboxylic acids is 3. The Morgan fingerprint density at radius 3 is 2.30 bits per heavy atom. The van der Waals surface area contributed by atoms with E-state index in [-0.39, 0.29) is 31.3 Å². The quantitative estimate of drug-likeness (QED) is 0.239. The van der Waals surface area contributed by atoms with Gasteiger partial charge in [0.05, 0.1) is 11.4 Å². The number of carbonyl (C=O) groups is 3. The number of nitrogens with zero attached hydrogens (tertiary/aromatic N) is 2. The number of aromatic nitrogens is 1. The molecule has 4 rings (SSSR count). The molecule has 0 bridgehead atoms. The van der Waals surface area contributed by atoms with Gasteiger partial charge < -0.3 is 29.5 Å². The molecule has 0 radical (unpaired) electrons. The topological polar surface area (TPSA) is 151 Å². The van der Waals surface area contributed by atoms with Crippen LogP contribution in [-0.2, 0) is 27.2 Å². The van der Waals surface area contributed by atoms with Crippen LogP contribution in [0.1, 0.15) is 48.8 Å². The highest BCUT2D eigenvalue weighted by Crippen LogP contribution is 2.23. The molecule has 12 heteroatoms. The Labute approximate surface area is 256 Å². The Balaban J connectivity index is 1.33. The molecule has 4 amide bonds. The van der Waals surface area contributed by atoms with Crippen molar-refractivity contribution in [1.29, 1.82) is 0 Å². The van der Waals surface area contributed by atoms with Crippen LogP contribution in [0.3, 0.4) is 0 Å². The third-order valence-corrected chi connectivity index (χ3v) is 6.18. The van der Waals surface area contributed by atoms with Crippen molar-refractivity contribution in [2.45, 2.75) is 52.0 Å². The van der Waals surface area contributed by atoms with Crippen molar-refractivity contribution in [3.05, 3.63) is 102 Å². The monoisotopic (exact) mass is 603 g/mol. The molecule has 0 fully saturated rings. The molecule has 4 N–H and O–H groups in total. The lowest BCUT2D eigenvalue weighted by Gasteiger charge is -2.23. The van der Waals surface area contributed by atoms with E-state index in [9.17, 15) is 19.5 Å². The summed E-state index contributed by atoms with van der Waals surface area (Å²) in [5.74, 6) is -0.295. The summed E-state index contributed by atoms with van der Waals surface area (Å²) in [6.07, 6.45) is 2.55. The number of aliphatic hydroxyl groups is 1. The maximum Gasteiger partial charge on any atom is 0.412 e. The molecule has 1 aromatic heterocycles. The molecule has 0 saturated carbocycles. The van der Waals surface area contributed by atoms with Crippen LogP contribution in [0.4, 0.5) is 21.0 Å². The van der Waals surface area contributed by atoms with Gasteiger partial charge in [-0.15, -0.1) is 0 Å². The van der Waals surface area contributed by atoms with Gasteiger partial charge in [0.15, 0.2) is 0 Å². The normalized spacial score (nSPS) is 14.0. The number of hydrogen-bond acceptors (Lipinski definition) is 8. The van der Waals surface area contributed by atoms with Crippen LogP contribution in [-0.4, -0.2) is 58.1 Å². The largest absolute Gasteiger partial charge is 0.457 e. The lowest BCUT2D eigenvalue weighted by molar-refractivity contribution is -0.0330. The van der Waals surface area contributed by atoms with E-state index in [0.717, 1.165) is 5.56 Å². The van der Waals surface area contributed by atoms with Crippen molar-refractivity contribution < 1.29 is 33.7 Å². The average molecular weight is 604 g/mol. The van der Waals surface area contributed by atoms with Gasteiger partial charge in [0.2, 0.25) is 12.2 Å². The zero-order valence-electron chi connectivity index (χ0n) is 24.9. The van der Waals surface area contributed by atoms with Crippen molar-refractivity contribution in [3.63, 3.8) is 0 Å². The predicted molar refractivity (Wildman–Crippen MR) is 163 cm³/mol. The van der Waals surface area contributed by atoms with E-state index in [0.29, 0.717) is 29.8 Å². The van der Waals surface area contributed by atoms with Crippen molar-refractivity contribution in [2.75, 3.05) is 23.8 Å². The van der Waals surface area contributed by atoms with E-state index in [4.69, 9.17) is 14.2 Å². The fourth-order valence-electron chi connectivity index (χ4n) is 4.16. The number of urea groups is 1. The first-order valence-corrected chi connectivity index (χ1v) is 14.2. The second kappa shape index (κ2) is 14.9. The standard InChI is InChI=1S/C32H37N5O7/c1-32(2,3)44-31(41)35-25-13-8-7-12-24(25)34-29(39)26-15-14-23(19-33-26)20-37(16-9-17-38)30(40)36-27-21-42-28(43-27)18-22-10-5-4-6-11-22/h4-8,10-15,19,21,28,38H,9,16-18,20H2,1-3H3,(H,34,39)(H,35,41)(H,36,40). The second-order valence-electron chi connectivity index (χ2n) is 11.0. The lowest BCUT2D eigenvalue weighted by atomic mass is 10.1. The Hall–Kier alpha value is -5.10. The minimum Gasteiger partial charge on any atom is -0.457 e. The molecular formula is C32H37N5O7. The molecule has 3 aromatic rings. The SMILES string of the molecule is CC(C)(C)OC(=O)Nc1ccccc1NC(=O)c1ccc(CN(CCCO)C(=O)NC2=COC(Cc3ccccc3)O2)cn1. The van der Waals surface area contributed by atoms with E-state index in [1.807, 2.05) is 30.3 Å². The molecule has 1 unspecified atom stereocenters. The van der Waals surface area contributed by atoms with Gasteiger partial charge in [0, 0.05) is 32.3 Å². The summed E-state index contributed by atoms with van der Waals surface area (Å²) in [4.78, 5) is 44.0. The number of benzene rings is 2. The average Bonchev–Trinajstić information content (AvgIpc) is 3.42. The number of ether oxygens (including phenoxy) is 3. The number of hydrogen-bond donors (Lipinski definition) is 4. The van der Waals surface area contributed by atoms with Crippen LogP contribution in [0, 0.1) is 0 Å². The number of anilines is 2. The van der Waals surface area contributed by atoms with Crippen LogP contribution in [0.15, 0.2) is 85.1 Å². The highest BCUT2D eigenvalue weighted by molar-refractivity contribution is 6.05. The minimum absolute atomic E-state index is 0.0904. The Kier molecular flexibility index (Phi) is 10.8. The van der Waals surface area contributed by atoms with Gasteiger partial charge in [-0.1, -0.05) is 48.5 Å². The van der Waals surface area contributed by atoms with Crippen molar-refractivity contribution in [2.24, 2.45) is 0 Å². The molecule has 2 heterocycles. The van der Waals surface area contributed by atoms with E-state index < -0.39 is 29.9 Å². The number of pyridine rings is 1. The fraction of sp³-hybridized carbons (Fsp3) is 0.312. The molecule has 0 spiro atoms. The van der Waals surface area contributed by atoms with E-state index in [1.54, 1.807) is 57.2 Å². The van der Waals surface area contributed by atoms with Crippen molar-refractivity contribution >= 4 is 29.4 Å². The van der Waals surface area contributed by atoms with E-state index >= 15 is 0 Å². The first-order valence-electron chi connectivity index (χ1n) is 14.2. The summed E-state index contributed by atoms with van der Waals surface area (Å²) in [5, 5.41) is 17.5. The summed E-state index contributed by atoms with van der Waals surface area (Å²) in [7, 11) is 0. The van der Waals surface area contributed by atoms with Crippen LogP contribution >= 0.6 is 0 Å². The van der Waals surface area contributed by atoms with Gasteiger partial charge >= 0.3 is 12.1 Å². The maximum atomic E-state index is 13.1. The zero-order valence-corrected chi connectivity index (χ0v) is 24.9. The molecular weight excluding hydrogens is 566 g/mol. The van der Waals surface area contributed by atoms with Crippen LogP contribution in [0.5, 0.6) is 0 Å². The molecule has 1 atom stereocenters. The van der Waals surface area contributed by atoms with Gasteiger partial charge in [0.1, 0.15) is 17.6 Å². The molecule has 232 valence electrons. The summed E-state index contributed by atoms with van der Waals surface area (Å²) in [6.45, 7) is 5.62. The smallest absolute Gasteiger partial charge is 0.412 e. The highest BCUT2D eigenvalue weighted by Gasteiger charge is 2.24. The van der Waals surface area contributed by atoms with Crippen molar-refractivity contribution in [3.8, 4) is 0 Å². The molecule has 1 aliphatic rings. The number of para-hydroxylation sites is 2. The third kappa shape index (κ3) is 9.73. The Morgan fingerprint density at radius 1 is 0.932 bits per heavy atom. The molecule has 44 heavy (non-hydrogen) atoms. The lowest BCUT2D eigenvalue weighted by Crippen LogP contribution is -2.40. The molecule has 0 aliphatic carbocycles.